The standard InChI is InChI=1S/C72H104N12O10/c1-43(2)35-51-39-63(85)79-57(27-15-31-73)67(89)75-41-55(45(5)6)66(88)82-60(38-50-24-14-22-48-20-10-12-26-54(48)50)72(94)84-34-18-30-62(84)70(92)78-52(36-44(3)4)40-64(86)80-58(28-16-32-74)68(90)76-42-56(46(7)8)65(87)81-59(71(93)83-33-17-29-61(83)69(91)77-51)37-49-23-13-21-47-19-9-11-25-53(47)49/h9-14,19-26,43-46,51-52,55-62H,15-18,27-42,73-74H2,1-8H3,(H,75,89)(H,76,90)(H,77,91)(H,78,92)(H,79,85)(H,80,86)(H,81,87)(H,82,88)/t51-,52-,55-,56-,57+,58+,59+,60+,61-,62-/m0/s1. The maximum atomic E-state index is 15.2. The van der Waals surface area contributed by atoms with Gasteiger partial charge in [-0.3, -0.25) is 47.9 Å². The first-order valence-corrected chi connectivity index (χ1v) is 34.3. The van der Waals surface area contributed by atoms with Crippen molar-refractivity contribution < 1.29 is 47.9 Å². The summed E-state index contributed by atoms with van der Waals surface area (Å²) in [6.45, 7) is 15.8. The summed E-state index contributed by atoms with van der Waals surface area (Å²) in [7, 11) is 0. The number of hydrogen-bond donors (Lipinski definition) is 10. The van der Waals surface area contributed by atoms with Gasteiger partial charge in [-0.1, -0.05) is 140 Å². The van der Waals surface area contributed by atoms with Gasteiger partial charge in [0.25, 0.3) is 0 Å². The monoisotopic (exact) mass is 1300 g/mol. The molecular weight excluding hydrogens is 1190 g/mol. The third kappa shape index (κ3) is 20.5. The molecule has 22 heteroatoms. The number of carbonyl (C=O) groups is 10. The van der Waals surface area contributed by atoms with Crippen LogP contribution in [0.1, 0.15) is 144 Å². The van der Waals surface area contributed by atoms with E-state index in [1.165, 1.54) is 9.80 Å². The van der Waals surface area contributed by atoms with E-state index in [0.717, 1.165) is 32.7 Å². The Labute approximate surface area is 554 Å². The molecule has 3 saturated heterocycles. The molecule has 4 aromatic carbocycles. The van der Waals surface area contributed by atoms with Gasteiger partial charge in [0.05, 0.1) is 11.8 Å². The van der Waals surface area contributed by atoms with Gasteiger partial charge in [-0.05, 0) is 134 Å². The zero-order valence-electron chi connectivity index (χ0n) is 56.4. The Morgan fingerprint density at radius 2 is 0.809 bits per heavy atom. The average molecular weight is 1300 g/mol. The molecule has 10 amide bonds. The number of hydrogen-bond acceptors (Lipinski definition) is 12. The van der Waals surface area contributed by atoms with E-state index in [9.17, 15) is 38.4 Å². The number of carbonyl (C=O) groups excluding carboxylic acids is 10. The number of nitrogens with two attached hydrogens (primary N) is 2. The summed E-state index contributed by atoms with van der Waals surface area (Å²) < 4.78 is 0. The first kappa shape index (κ1) is 73.4. The summed E-state index contributed by atoms with van der Waals surface area (Å²) in [6.07, 6.45) is 3.21. The lowest BCUT2D eigenvalue weighted by Crippen LogP contribution is -2.57. The highest BCUT2D eigenvalue weighted by Crippen LogP contribution is 2.28. The van der Waals surface area contributed by atoms with Crippen molar-refractivity contribution >= 4 is 80.6 Å². The summed E-state index contributed by atoms with van der Waals surface area (Å²) >= 11 is 0. The third-order valence-corrected chi connectivity index (χ3v) is 18.6. The molecule has 0 aromatic heterocycles. The van der Waals surface area contributed by atoms with Gasteiger partial charge >= 0.3 is 0 Å². The molecular formula is C72H104N12O10. The van der Waals surface area contributed by atoms with Crippen molar-refractivity contribution in [2.24, 2.45) is 47.0 Å². The minimum absolute atomic E-state index is 0.00998. The van der Waals surface area contributed by atoms with Crippen LogP contribution in [0.4, 0.5) is 0 Å². The molecule has 4 aromatic rings. The van der Waals surface area contributed by atoms with Crippen molar-refractivity contribution in [1.82, 2.24) is 52.3 Å². The van der Waals surface area contributed by atoms with Crippen LogP contribution >= 0.6 is 0 Å². The normalized spacial score (nSPS) is 25.3. The molecule has 512 valence electrons. The molecule has 0 spiro atoms. The van der Waals surface area contributed by atoms with E-state index in [-0.39, 0.29) is 101 Å². The highest BCUT2D eigenvalue weighted by atomic mass is 16.2. The van der Waals surface area contributed by atoms with E-state index in [4.69, 9.17) is 11.5 Å². The summed E-state index contributed by atoms with van der Waals surface area (Å²) in [6, 6.07) is 19.2. The van der Waals surface area contributed by atoms with Crippen LogP contribution in [-0.2, 0) is 60.8 Å². The van der Waals surface area contributed by atoms with Crippen LogP contribution in [0, 0.1) is 35.5 Å². The molecule has 10 atom stereocenters. The summed E-state index contributed by atoms with van der Waals surface area (Å²) in [5.41, 5.74) is 13.5. The van der Waals surface area contributed by atoms with Gasteiger partial charge in [0.1, 0.15) is 36.3 Å². The topological polar surface area (TPSA) is 325 Å². The zero-order valence-corrected chi connectivity index (χ0v) is 56.4. The molecule has 0 aliphatic carbocycles. The number of nitrogens with zero attached hydrogens (tertiary/aromatic N) is 2. The van der Waals surface area contributed by atoms with Crippen molar-refractivity contribution in [2.75, 3.05) is 39.3 Å². The molecule has 0 bridgehead atoms. The number of amides is 10. The average Bonchev–Trinajstić information content (AvgIpc) is 1.33. The molecule has 22 nitrogen and oxygen atoms in total. The van der Waals surface area contributed by atoms with Crippen LogP contribution in [0.2, 0.25) is 0 Å². The summed E-state index contributed by atoms with van der Waals surface area (Å²) in [5, 5.41) is 27.6. The van der Waals surface area contributed by atoms with Gasteiger partial charge in [-0.25, -0.2) is 0 Å². The highest BCUT2D eigenvalue weighted by Gasteiger charge is 2.42. The van der Waals surface area contributed by atoms with E-state index in [1.54, 1.807) is 0 Å². The van der Waals surface area contributed by atoms with Crippen molar-refractivity contribution in [1.29, 1.82) is 0 Å². The van der Waals surface area contributed by atoms with E-state index >= 15 is 9.59 Å². The Balaban J connectivity index is 1.23. The Morgan fingerprint density at radius 3 is 1.17 bits per heavy atom. The fourth-order valence-corrected chi connectivity index (χ4v) is 13.5. The molecule has 3 heterocycles. The number of nitrogens with one attached hydrogen (secondary N) is 8. The Kier molecular flexibility index (Phi) is 27.7. The summed E-state index contributed by atoms with van der Waals surface area (Å²) in [5.74, 6) is -7.43. The Hall–Kier alpha value is -7.98. The minimum Gasteiger partial charge on any atom is -0.354 e. The fraction of sp³-hybridized carbons (Fsp3) is 0.583. The maximum absolute atomic E-state index is 15.2. The third-order valence-electron chi connectivity index (χ3n) is 18.6. The van der Waals surface area contributed by atoms with Gasteiger partial charge in [-0.2, -0.15) is 0 Å². The molecule has 3 aliphatic rings. The Bertz CT molecular complexity index is 3060. The first-order valence-electron chi connectivity index (χ1n) is 34.3. The summed E-state index contributed by atoms with van der Waals surface area (Å²) in [4.78, 5) is 150. The van der Waals surface area contributed by atoms with Gasteiger partial charge in [0.2, 0.25) is 59.1 Å². The van der Waals surface area contributed by atoms with E-state index in [1.807, 2.05) is 140 Å². The molecule has 0 unspecified atom stereocenters. The smallest absolute Gasteiger partial charge is 0.246 e. The van der Waals surface area contributed by atoms with Crippen LogP contribution in [-0.4, -0.2) is 156 Å². The first-order chi connectivity index (χ1) is 45.0. The number of benzene rings is 4. The van der Waals surface area contributed by atoms with Gasteiger partial charge < -0.3 is 63.8 Å². The van der Waals surface area contributed by atoms with Crippen LogP contribution in [0.15, 0.2) is 84.9 Å². The SMILES string of the molecule is CC(C)C[C@H]1CC(=O)N[C@H](CCCN)C(=O)NC[C@@H](C(C)C)C(=O)N[C@H](Cc2cccc3ccccc23)C(=O)N2CCC[C@H]2C(=O)N[C@@H](CC(C)C)CC(=O)N[C@H](CCCN)C(=O)NC[C@@H](C(C)C)C(=O)N[C@H](Cc2cccc3ccccc23)C(=O)N2CCC[C@H]2C(=O)N1. The van der Waals surface area contributed by atoms with Crippen molar-refractivity contribution in [3.05, 3.63) is 96.1 Å². The molecule has 0 radical (unpaired) electrons. The zero-order chi connectivity index (χ0) is 68.2. The molecule has 3 fully saturated rings. The van der Waals surface area contributed by atoms with Gasteiger partial charge in [0, 0.05) is 63.9 Å². The van der Waals surface area contributed by atoms with E-state index in [0.29, 0.717) is 51.4 Å². The number of rotatable bonds is 16. The molecule has 12 N–H and O–H groups in total. The van der Waals surface area contributed by atoms with Crippen LogP contribution in [0.3, 0.4) is 0 Å². The largest absolute Gasteiger partial charge is 0.354 e. The lowest BCUT2D eigenvalue weighted by Gasteiger charge is -2.32. The van der Waals surface area contributed by atoms with Crippen LogP contribution in [0.25, 0.3) is 21.5 Å². The lowest BCUT2D eigenvalue weighted by atomic mass is 9.93. The number of fused-ring (bicyclic) bond motifs is 4. The molecule has 0 saturated carbocycles. The molecule has 94 heavy (non-hydrogen) atoms. The predicted octanol–water partition coefficient (Wildman–Crippen LogP) is 4.81. The molecule has 7 rings (SSSR count). The van der Waals surface area contributed by atoms with Crippen LogP contribution in [0.5, 0.6) is 0 Å². The van der Waals surface area contributed by atoms with Gasteiger partial charge in [-0.15, -0.1) is 0 Å². The highest BCUT2D eigenvalue weighted by molar-refractivity contribution is 5.97. The molecule has 3 aliphatic heterocycles. The van der Waals surface area contributed by atoms with Crippen molar-refractivity contribution in [3.8, 4) is 0 Å². The van der Waals surface area contributed by atoms with Crippen molar-refractivity contribution in [2.45, 2.75) is 194 Å². The maximum Gasteiger partial charge on any atom is 0.246 e. The van der Waals surface area contributed by atoms with E-state index < -0.39 is 119 Å². The van der Waals surface area contributed by atoms with Gasteiger partial charge in [0.15, 0.2) is 0 Å². The minimum atomic E-state index is -1.16. The predicted molar refractivity (Wildman–Crippen MR) is 364 cm³/mol. The van der Waals surface area contributed by atoms with Crippen LogP contribution < -0.4 is 54.0 Å². The second-order valence-corrected chi connectivity index (χ2v) is 27.6. The second kappa shape index (κ2) is 35.5. The second-order valence-electron chi connectivity index (χ2n) is 27.6. The van der Waals surface area contributed by atoms with E-state index in [2.05, 4.69) is 42.5 Å². The fourth-order valence-electron chi connectivity index (χ4n) is 13.5. The quantitative estimate of drug-likeness (QED) is 0.0723. The van der Waals surface area contributed by atoms with Crippen molar-refractivity contribution in [3.63, 3.8) is 0 Å². The Morgan fingerprint density at radius 1 is 0.436 bits per heavy atom. The lowest BCUT2D eigenvalue weighted by molar-refractivity contribution is -0.142.